The molecule has 0 spiro atoms. The van der Waals surface area contributed by atoms with Crippen LogP contribution in [0.1, 0.15) is 24.8 Å². The molecule has 0 amide bonds. The first-order valence-corrected chi connectivity index (χ1v) is 5.69. The molecule has 0 fully saturated rings. The van der Waals surface area contributed by atoms with Crippen LogP contribution in [-0.2, 0) is 4.79 Å². The van der Waals surface area contributed by atoms with Gasteiger partial charge in [-0.25, -0.2) is 0 Å². The second-order valence-electron chi connectivity index (χ2n) is 4.18. The molecule has 5 heteroatoms. The van der Waals surface area contributed by atoms with Crippen molar-refractivity contribution in [3.8, 4) is 11.5 Å². The lowest BCUT2D eigenvalue weighted by molar-refractivity contribution is -0.137. The highest BCUT2D eigenvalue weighted by Crippen LogP contribution is 2.32. The molecule has 0 aliphatic carbocycles. The zero-order chi connectivity index (χ0) is 13.7. The van der Waals surface area contributed by atoms with Gasteiger partial charge >= 0.3 is 5.97 Å². The minimum atomic E-state index is -0.868. The van der Waals surface area contributed by atoms with Crippen LogP contribution < -0.4 is 15.2 Å². The summed E-state index contributed by atoms with van der Waals surface area (Å²) in [6.45, 7) is 1.80. The van der Waals surface area contributed by atoms with E-state index in [1.54, 1.807) is 33.3 Å². The number of methoxy groups -OCH3 is 2. The molecule has 2 atom stereocenters. The van der Waals surface area contributed by atoms with Crippen LogP contribution in [0.5, 0.6) is 11.5 Å². The Labute approximate surface area is 107 Å². The van der Waals surface area contributed by atoms with Gasteiger partial charge in [-0.3, -0.25) is 4.79 Å². The summed E-state index contributed by atoms with van der Waals surface area (Å²) in [5.41, 5.74) is 6.68. The molecule has 5 nitrogen and oxygen atoms in total. The Balaban J connectivity index is 3.09. The number of nitrogens with two attached hydrogens (primary N) is 1. The third kappa shape index (κ3) is 3.37. The third-order valence-corrected chi connectivity index (χ3v) is 2.86. The molecule has 1 rings (SSSR count). The predicted octanol–water partition coefficient (Wildman–Crippen LogP) is 1.61. The summed E-state index contributed by atoms with van der Waals surface area (Å²) >= 11 is 0. The van der Waals surface area contributed by atoms with Gasteiger partial charge in [0.1, 0.15) is 0 Å². The summed E-state index contributed by atoms with van der Waals surface area (Å²) < 4.78 is 10.3. The monoisotopic (exact) mass is 253 g/mol. The van der Waals surface area contributed by atoms with Gasteiger partial charge in [0.25, 0.3) is 0 Å². The van der Waals surface area contributed by atoms with Crippen molar-refractivity contribution >= 4 is 5.97 Å². The number of carboxylic acid groups (broad SMARTS) is 1. The Morgan fingerprint density at radius 3 is 2.39 bits per heavy atom. The molecule has 100 valence electrons. The molecule has 0 heterocycles. The quantitative estimate of drug-likeness (QED) is 0.805. The maximum atomic E-state index is 10.9. The summed E-state index contributed by atoms with van der Waals surface area (Å²) in [7, 11) is 3.09. The van der Waals surface area contributed by atoms with Crippen molar-refractivity contribution < 1.29 is 19.4 Å². The van der Waals surface area contributed by atoms with Gasteiger partial charge in [-0.1, -0.05) is 6.07 Å². The Bertz CT molecular complexity index is 417. The molecule has 0 saturated heterocycles. The highest BCUT2D eigenvalue weighted by atomic mass is 16.5. The average Bonchev–Trinajstić information content (AvgIpc) is 2.34. The van der Waals surface area contributed by atoms with Crippen molar-refractivity contribution in [1.82, 2.24) is 0 Å². The van der Waals surface area contributed by atoms with Crippen LogP contribution in [0.2, 0.25) is 0 Å². The Morgan fingerprint density at radius 1 is 1.33 bits per heavy atom. The zero-order valence-electron chi connectivity index (χ0n) is 10.8. The largest absolute Gasteiger partial charge is 0.493 e. The topological polar surface area (TPSA) is 81.8 Å². The maximum absolute atomic E-state index is 10.9. The number of benzene rings is 1. The standard InChI is InChI=1S/C13H19NO4/c1-8(14)10(7-13(15)16)9-4-5-11(17-2)12(6-9)18-3/h4-6,8,10H,7,14H2,1-3H3,(H,15,16). The number of carbonyl (C=O) groups is 1. The van der Waals surface area contributed by atoms with E-state index in [0.29, 0.717) is 11.5 Å². The van der Waals surface area contributed by atoms with Crippen LogP contribution in [0.3, 0.4) is 0 Å². The van der Waals surface area contributed by atoms with E-state index in [1.165, 1.54) is 0 Å². The highest BCUT2D eigenvalue weighted by molar-refractivity contribution is 5.68. The second-order valence-corrected chi connectivity index (χ2v) is 4.18. The number of hydrogen-bond donors (Lipinski definition) is 2. The van der Waals surface area contributed by atoms with E-state index in [0.717, 1.165) is 5.56 Å². The van der Waals surface area contributed by atoms with Crippen molar-refractivity contribution in [3.63, 3.8) is 0 Å². The van der Waals surface area contributed by atoms with E-state index in [1.807, 2.05) is 6.07 Å². The summed E-state index contributed by atoms with van der Waals surface area (Å²) in [6, 6.07) is 5.10. The van der Waals surface area contributed by atoms with Gasteiger partial charge in [0.05, 0.1) is 20.6 Å². The first kappa shape index (κ1) is 14.3. The number of aliphatic carboxylic acids is 1. The van der Waals surface area contributed by atoms with Crippen LogP contribution in [0.15, 0.2) is 18.2 Å². The van der Waals surface area contributed by atoms with Gasteiger partial charge in [-0.2, -0.15) is 0 Å². The predicted molar refractivity (Wildman–Crippen MR) is 68.2 cm³/mol. The molecular weight excluding hydrogens is 234 g/mol. The molecule has 0 aromatic heterocycles. The molecule has 0 aliphatic rings. The van der Waals surface area contributed by atoms with Crippen molar-refractivity contribution in [3.05, 3.63) is 23.8 Å². The molecule has 0 saturated carbocycles. The van der Waals surface area contributed by atoms with Crippen molar-refractivity contribution in [2.45, 2.75) is 25.3 Å². The van der Waals surface area contributed by atoms with E-state index in [4.69, 9.17) is 20.3 Å². The minimum absolute atomic E-state index is 0.00680. The molecule has 18 heavy (non-hydrogen) atoms. The van der Waals surface area contributed by atoms with E-state index >= 15 is 0 Å². The lowest BCUT2D eigenvalue weighted by atomic mass is 9.89. The van der Waals surface area contributed by atoms with Crippen LogP contribution >= 0.6 is 0 Å². The molecule has 1 aromatic carbocycles. The fourth-order valence-corrected chi connectivity index (χ4v) is 1.88. The van der Waals surface area contributed by atoms with E-state index in [2.05, 4.69) is 0 Å². The summed E-state index contributed by atoms with van der Waals surface area (Å²) in [6.07, 6.45) is -0.00680. The fraction of sp³-hybridized carbons (Fsp3) is 0.462. The van der Waals surface area contributed by atoms with Gasteiger partial charge in [0, 0.05) is 12.0 Å². The van der Waals surface area contributed by atoms with E-state index in [9.17, 15) is 4.79 Å². The Hall–Kier alpha value is -1.75. The second kappa shape index (κ2) is 6.26. The van der Waals surface area contributed by atoms with E-state index in [-0.39, 0.29) is 18.4 Å². The smallest absolute Gasteiger partial charge is 0.304 e. The lowest BCUT2D eigenvalue weighted by Crippen LogP contribution is -2.26. The molecule has 0 bridgehead atoms. The van der Waals surface area contributed by atoms with Crippen molar-refractivity contribution in [1.29, 1.82) is 0 Å². The van der Waals surface area contributed by atoms with Crippen molar-refractivity contribution in [2.75, 3.05) is 14.2 Å². The summed E-state index contributed by atoms with van der Waals surface area (Å²) in [5, 5.41) is 8.91. The molecule has 1 aromatic rings. The number of ether oxygens (including phenoxy) is 2. The molecular formula is C13H19NO4. The fourth-order valence-electron chi connectivity index (χ4n) is 1.88. The summed E-state index contributed by atoms with van der Waals surface area (Å²) in [4.78, 5) is 10.9. The summed E-state index contributed by atoms with van der Waals surface area (Å²) in [5.74, 6) is 0.0698. The first-order chi connectivity index (χ1) is 8.49. The van der Waals surface area contributed by atoms with Crippen LogP contribution in [-0.4, -0.2) is 31.3 Å². The average molecular weight is 253 g/mol. The number of hydrogen-bond acceptors (Lipinski definition) is 4. The maximum Gasteiger partial charge on any atom is 0.304 e. The third-order valence-electron chi connectivity index (χ3n) is 2.86. The molecule has 3 N–H and O–H groups in total. The van der Waals surface area contributed by atoms with Gasteiger partial charge in [-0.15, -0.1) is 0 Å². The number of carboxylic acids is 1. The SMILES string of the molecule is COc1ccc(C(CC(=O)O)C(C)N)cc1OC. The Morgan fingerprint density at radius 2 is 1.94 bits per heavy atom. The van der Waals surface area contributed by atoms with Gasteiger partial charge in [0.2, 0.25) is 0 Å². The molecule has 2 unspecified atom stereocenters. The van der Waals surface area contributed by atoms with E-state index < -0.39 is 5.97 Å². The normalized spacial score (nSPS) is 13.8. The first-order valence-electron chi connectivity index (χ1n) is 5.69. The Kier molecular flexibility index (Phi) is 4.97. The van der Waals surface area contributed by atoms with Crippen LogP contribution in [0.25, 0.3) is 0 Å². The molecule has 0 aliphatic heterocycles. The highest BCUT2D eigenvalue weighted by Gasteiger charge is 2.21. The number of rotatable bonds is 6. The minimum Gasteiger partial charge on any atom is -0.493 e. The molecule has 0 radical (unpaired) electrons. The zero-order valence-corrected chi connectivity index (χ0v) is 10.8. The lowest BCUT2D eigenvalue weighted by Gasteiger charge is -2.20. The van der Waals surface area contributed by atoms with Gasteiger partial charge < -0.3 is 20.3 Å². The van der Waals surface area contributed by atoms with Gasteiger partial charge in [0.15, 0.2) is 11.5 Å². The van der Waals surface area contributed by atoms with Crippen molar-refractivity contribution in [2.24, 2.45) is 5.73 Å². The van der Waals surface area contributed by atoms with Crippen LogP contribution in [0, 0.1) is 0 Å². The van der Waals surface area contributed by atoms with Gasteiger partial charge in [-0.05, 0) is 24.6 Å². The van der Waals surface area contributed by atoms with Crippen LogP contribution in [0.4, 0.5) is 0 Å².